The highest BCUT2D eigenvalue weighted by Gasteiger charge is 2.41. The van der Waals surface area contributed by atoms with Gasteiger partial charge in [-0.3, -0.25) is 0 Å². The van der Waals surface area contributed by atoms with Gasteiger partial charge in [0.25, 0.3) is 0 Å². The zero-order valence-corrected chi connectivity index (χ0v) is 35.2. The summed E-state index contributed by atoms with van der Waals surface area (Å²) in [5, 5.41) is 7.29. The molecule has 3 nitrogen and oxygen atoms in total. The lowest BCUT2D eigenvalue weighted by Gasteiger charge is -2.36. The van der Waals surface area contributed by atoms with Crippen LogP contribution >= 0.6 is 0 Å². The minimum absolute atomic E-state index is 0.0962. The fourth-order valence-corrected chi connectivity index (χ4v) is 12.0. The summed E-state index contributed by atoms with van der Waals surface area (Å²) in [5.74, 6) is 0. The lowest BCUT2D eigenvalue weighted by Crippen LogP contribution is -2.41. The molecule has 4 heteroatoms. The lowest BCUT2D eigenvalue weighted by atomic mass is 9.57. The monoisotopic (exact) mass is 792 g/mol. The van der Waals surface area contributed by atoms with E-state index in [-0.39, 0.29) is 10.8 Å². The SMILES string of the molecule is CC1(C)c2ccccc2-c2cc(N3c4cc5c(cc4Bc4c(-c6cccc7c6[nH]c6ccc8ccccc8c67)cc6c(oc7ccccc76)c43)C(C)(C)c3ccccc3-5)ccc21. The van der Waals surface area contributed by atoms with E-state index in [1.54, 1.807) is 0 Å². The van der Waals surface area contributed by atoms with Crippen LogP contribution in [0, 0.1) is 0 Å². The van der Waals surface area contributed by atoms with Crippen molar-refractivity contribution in [2.45, 2.75) is 38.5 Å². The number of benzene rings is 9. The Bertz CT molecular complexity index is 3810. The number of aromatic nitrogens is 1. The van der Waals surface area contributed by atoms with Gasteiger partial charge < -0.3 is 14.3 Å². The van der Waals surface area contributed by atoms with Crippen LogP contribution in [0.25, 0.3) is 87.9 Å². The maximum atomic E-state index is 7.11. The van der Waals surface area contributed by atoms with Gasteiger partial charge in [0.05, 0.1) is 11.2 Å². The molecule has 0 radical (unpaired) electrons. The number of fused-ring (bicyclic) bond motifs is 17. The summed E-state index contributed by atoms with van der Waals surface area (Å²) < 4.78 is 7.11. The van der Waals surface area contributed by atoms with Crippen LogP contribution in [0.3, 0.4) is 0 Å². The van der Waals surface area contributed by atoms with Crippen molar-refractivity contribution in [2.75, 3.05) is 4.90 Å². The molecule has 0 bridgehead atoms. The number of nitrogens with one attached hydrogen (secondary N) is 1. The molecule has 3 aliphatic rings. The second-order valence-electron chi connectivity index (χ2n) is 18.9. The molecule has 62 heavy (non-hydrogen) atoms. The fourth-order valence-electron chi connectivity index (χ4n) is 12.0. The van der Waals surface area contributed by atoms with Crippen molar-refractivity contribution in [2.24, 2.45) is 0 Å². The Morgan fingerprint density at radius 2 is 1.16 bits per heavy atom. The van der Waals surface area contributed by atoms with Gasteiger partial charge in [-0.2, -0.15) is 0 Å². The average molecular weight is 793 g/mol. The Morgan fingerprint density at radius 3 is 1.98 bits per heavy atom. The van der Waals surface area contributed by atoms with Crippen LogP contribution in [-0.4, -0.2) is 12.3 Å². The second-order valence-corrected chi connectivity index (χ2v) is 18.9. The van der Waals surface area contributed by atoms with Gasteiger partial charge in [0, 0.05) is 54.8 Å². The molecule has 0 saturated carbocycles. The van der Waals surface area contributed by atoms with Gasteiger partial charge in [-0.25, -0.2) is 0 Å². The molecule has 0 spiro atoms. The van der Waals surface area contributed by atoms with Crippen molar-refractivity contribution in [1.82, 2.24) is 4.98 Å². The summed E-state index contributed by atoms with van der Waals surface area (Å²) >= 11 is 0. The highest BCUT2D eigenvalue weighted by molar-refractivity contribution is 6.74. The maximum absolute atomic E-state index is 7.11. The standard InChI is InChI=1S/C58H41BN2O/c1-57(2)44-21-10-7-16-35(44)40-28-33(25-26-46(40)57)61-50-30-41-36-17-8-11-22-45(36)58(3,4)47(41)31-48(50)59-53-42(29-43-37-18-9-12-23-51(37)62-56(43)55(53)61)38-19-13-20-39-52-34-15-6-5-14-32(34)24-27-49(52)60-54(38)39/h5-31,59-60H,1-4H3. The highest BCUT2D eigenvalue weighted by Crippen LogP contribution is 2.54. The third kappa shape index (κ3) is 4.31. The van der Waals surface area contributed by atoms with Crippen LogP contribution in [0.4, 0.5) is 17.1 Å². The van der Waals surface area contributed by atoms with Gasteiger partial charge in [0.2, 0.25) is 0 Å². The van der Waals surface area contributed by atoms with Crippen molar-refractivity contribution in [1.29, 1.82) is 0 Å². The normalized spacial score (nSPS) is 15.1. The van der Waals surface area contributed by atoms with Crippen molar-refractivity contribution >= 4 is 89.8 Å². The third-order valence-electron chi connectivity index (χ3n) is 15.0. The Hall–Kier alpha value is -7.30. The summed E-state index contributed by atoms with van der Waals surface area (Å²) in [6, 6.07) is 61.3. The molecule has 0 atom stereocenters. The number of para-hydroxylation sites is 2. The number of furan rings is 1. The first-order valence-electron chi connectivity index (χ1n) is 22.0. The van der Waals surface area contributed by atoms with E-state index in [9.17, 15) is 0 Å². The van der Waals surface area contributed by atoms with E-state index >= 15 is 0 Å². The van der Waals surface area contributed by atoms with Gasteiger partial charge in [0.1, 0.15) is 5.58 Å². The third-order valence-corrected chi connectivity index (χ3v) is 15.0. The molecule has 0 amide bonds. The first-order valence-corrected chi connectivity index (χ1v) is 22.0. The molecule has 0 unspecified atom stereocenters. The number of hydrogen-bond donors (Lipinski definition) is 1. The fraction of sp³-hybridized carbons (Fsp3) is 0.103. The molecule has 2 aromatic heterocycles. The van der Waals surface area contributed by atoms with E-state index in [0.717, 1.165) is 51.6 Å². The van der Waals surface area contributed by atoms with E-state index < -0.39 is 0 Å². The van der Waals surface area contributed by atoms with E-state index in [0.29, 0.717) is 0 Å². The second kappa shape index (κ2) is 11.7. The topological polar surface area (TPSA) is 32.2 Å². The van der Waals surface area contributed by atoms with Crippen LogP contribution in [0.5, 0.6) is 0 Å². The summed E-state index contributed by atoms with van der Waals surface area (Å²) in [6.07, 6.45) is 0. The van der Waals surface area contributed by atoms with Crippen molar-refractivity contribution in [3.8, 4) is 33.4 Å². The highest BCUT2D eigenvalue weighted by atomic mass is 16.3. The molecule has 2 aliphatic carbocycles. The summed E-state index contributed by atoms with van der Waals surface area (Å²) in [4.78, 5) is 6.51. The number of nitrogens with zero attached hydrogens (tertiary/aromatic N) is 1. The first kappa shape index (κ1) is 34.4. The minimum Gasteiger partial charge on any atom is -0.454 e. The van der Waals surface area contributed by atoms with Gasteiger partial charge in [-0.15, -0.1) is 0 Å². The van der Waals surface area contributed by atoms with Gasteiger partial charge >= 0.3 is 0 Å². The van der Waals surface area contributed by atoms with E-state index in [2.05, 4.69) is 201 Å². The molecule has 11 aromatic rings. The molecule has 1 N–H and O–H groups in total. The lowest BCUT2D eigenvalue weighted by molar-refractivity contribution is 0.660. The number of hydrogen-bond acceptors (Lipinski definition) is 2. The zero-order valence-electron chi connectivity index (χ0n) is 35.2. The molecule has 9 aromatic carbocycles. The smallest absolute Gasteiger partial charge is 0.198 e. The van der Waals surface area contributed by atoms with E-state index in [1.165, 1.54) is 93.8 Å². The Morgan fingerprint density at radius 1 is 0.500 bits per heavy atom. The predicted octanol–water partition coefficient (Wildman–Crippen LogP) is 13.8. The summed E-state index contributed by atoms with van der Waals surface area (Å²) in [5.41, 5.74) is 23.2. The van der Waals surface area contributed by atoms with Crippen LogP contribution < -0.4 is 15.8 Å². The van der Waals surface area contributed by atoms with Crippen LogP contribution in [-0.2, 0) is 10.8 Å². The minimum atomic E-state index is -0.126. The zero-order chi connectivity index (χ0) is 41.2. The number of H-pyrrole nitrogens is 1. The maximum Gasteiger partial charge on any atom is 0.198 e. The van der Waals surface area contributed by atoms with Crippen molar-refractivity contribution in [3.63, 3.8) is 0 Å². The Kier molecular flexibility index (Phi) is 6.52. The molecule has 0 saturated heterocycles. The molecule has 14 rings (SSSR count). The van der Waals surface area contributed by atoms with E-state index in [1.807, 2.05) is 0 Å². The quantitative estimate of drug-likeness (QED) is 0.177. The average Bonchev–Trinajstić information content (AvgIpc) is 4.00. The largest absolute Gasteiger partial charge is 0.454 e. The van der Waals surface area contributed by atoms with Gasteiger partial charge in [0.15, 0.2) is 12.9 Å². The molecular weight excluding hydrogens is 751 g/mol. The summed E-state index contributed by atoms with van der Waals surface area (Å²) in [6.45, 7) is 9.51. The molecular formula is C58H41BN2O. The molecule has 3 heterocycles. The van der Waals surface area contributed by atoms with Crippen LogP contribution in [0.15, 0.2) is 168 Å². The Labute approximate surface area is 360 Å². The molecule has 292 valence electrons. The molecule has 1 aliphatic heterocycles. The molecule has 0 fully saturated rings. The number of aromatic amines is 1. The van der Waals surface area contributed by atoms with Crippen molar-refractivity contribution < 1.29 is 4.42 Å². The van der Waals surface area contributed by atoms with Crippen LogP contribution in [0.2, 0.25) is 0 Å². The van der Waals surface area contributed by atoms with E-state index in [4.69, 9.17) is 4.42 Å². The predicted molar refractivity (Wildman–Crippen MR) is 262 cm³/mol. The van der Waals surface area contributed by atoms with Gasteiger partial charge in [-0.05, 0) is 103 Å². The number of anilines is 3. The van der Waals surface area contributed by atoms with Crippen molar-refractivity contribution in [3.05, 3.63) is 186 Å². The number of rotatable bonds is 2. The summed E-state index contributed by atoms with van der Waals surface area (Å²) in [7, 11) is 0.767. The van der Waals surface area contributed by atoms with Gasteiger partial charge in [-0.1, -0.05) is 161 Å². The first-order chi connectivity index (χ1) is 30.3. The van der Waals surface area contributed by atoms with Crippen LogP contribution in [0.1, 0.15) is 49.9 Å². The Balaban J connectivity index is 1.11.